The third-order valence-corrected chi connectivity index (χ3v) is 3.45. The van der Waals surface area contributed by atoms with E-state index < -0.39 is 0 Å². The van der Waals surface area contributed by atoms with Gasteiger partial charge in [-0.25, -0.2) is 0 Å². The second-order valence-electron chi connectivity index (χ2n) is 6.63. The van der Waals surface area contributed by atoms with Gasteiger partial charge in [0.15, 0.2) is 0 Å². The van der Waals surface area contributed by atoms with Gasteiger partial charge in [-0.3, -0.25) is 0 Å². The molecule has 102 valence electrons. The van der Waals surface area contributed by atoms with Crippen LogP contribution in [0.25, 0.3) is 0 Å². The molecule has 0 aliphatic carbocycles. The normalized spacial score (nSPS) is 12.7. The topological polar surface area (TPSA) is 29.5 Å². The van der Waals surface area contributed by atoms with Crippen LogP contribution in [-0.2, 0) is 10.8 Å². The first-order chi connectivity index (χ1) is 8.15. The number of rotatable bonds is 3. The van der Waals surface area contributed by atoms with Crippen molar-refractivity contribution in [3.05, 3.63) is 28.8 Å². The van der Waals surface area contributed by atoms with Crippen molar-refractivity contribution in [1.82, 2.24) is 0 Å². The van der Waals surface area contributed by atoms with Crippen molar-refractivity contribution in [3.63, 3.8) is 0 Å². The smallest absolute Gasteiger partial charge is 0.126 e. The van der Waals surface area contributed by atoms with Gasteiger partial charge in [-0.1, -0.05) is 46.8 Å². The van der Waals surface area contributed by atoms with Crippen LogP contribution in [0.4, 0.5) is 0 Å². The Labute approximate surface area is 111 Å². The number of aliphatic hydroxyl groups excluding tert-OH is 1. The molecule has 1 aromatic rings. The average Bonchev–Trinajstić information content (AvgIpc) is 2.26. The van der Waals surface area contributed by atoms with Crippen LogP contribution < -0.4 is 4.74 Å². The molecule has 0 bridgehead atoms. The molecule has 0 saturated heterocycles. The molecular weight excluding hydrogens is 224 g/mol. The minimum atomic E-state index is -0.295. The number of hydrogen-bond donors (Lipinski definition) is 1. The molecule has 0 atom stereocenters. The van der Waals surface area contributed by atoms with E-state index in [1.807, 2.05) is 13.8 Å². The summed E-state index contributed by atoms with van der Waals surface area (Å²) in [6.45, 7) is 12.8. The van der Waals surface area contributed by atoms with Gasteiger partial charge in [0.05, 0.1) is 13.7 Å². The number of aryl methyl sites for hydroxylation is 1. The molecule has 0 aromatic heterocycles. The lowest BCUT2D eigenvalue weighted by atomic mass is 9.77. The first-order valence-electron chi connectivity index (χ1n) is 6.44. The van der Waals surface area contributed by atoms with Crippen molar-refractivity contribution in [2.24, 2.45) is 0 Å². The Kier molecular flexibility index (Phi) is 4.12. The van der Waals surface area contributed by atoms with Gasteiger partial charge in [-0.05, 0) is 23.5 Å². The van der Waals surface area contributed by atoms with E-state index in [1.54, 1.807) is 7.11 Å². The van der Waals surface area contributed by atoms with E-state index in [0.29, 0.717) is 0 Å². The highest BCUT2D eigenvalue weighted by Gasteiger charge is 2.30. The van der Waals surface area contributed by atoms with Crippen LogP contribution in [0.1, 0.15) is 51.3 Å². The van der Waals surface area contributed by atoms with Crippen LogP contribution >= 0.6 is 0 Å². The molecule has 18 heavy (non-hydrogen) atoms. The van der Waals surface area contributed by atoms with Crippen LogP contribution in [0, 0.1) is 6.92 Å². The summed E-state index contributed by atoms with van der Waals surface area (Å²) in [6.07, 6.45) is 0. The molecule has 1 rings (SSSR count). The van der Waals surface area contributed by atoms with E-state index in [1.165, 1.54) is 11.1 Å². The predicted octanol–water partition coefficient (Wildman–Crippen LogP) is 3.57. The maximum atomic E-state index is 9.63. The standard InChI is InChI=1S/C16H26O2/c1-11-8-9-12(15(2,3)4)14(18-7)13(11)16(5,6)10-17/h8-9,17H,10H2,1-7H3. The van der Waals surface area contributed by atoms with Gasteiger partial charge in [-0.2, -0.15) is 0 Å². The number of ether oxygens (including phenoxy) is 1. The molecule has 0 amide bonds. The maximum Gasteiger partial charge on any atom is 0.126 e. The molecular formula is C16H26O2. The van der Waals surface area contributed by atoms with Crippen molar-refractivity contribution in [2.45, 2.75) is 52.4 Å². The Bertz CT molecular complexity index is 425. The molecule has 1 N–H and O–H groups in total. The van der Waals surface area contributed by atoms with Crippen molar-refractivity contribution >= 4 is 0 Å². The Morgan fingerprint density at radius 3 is 2.06 bits per heavy atom. The van der Waals surface area contributed by atoms with Crippen molar-refractivity contribution in [2.75, 3.05) is 13.7 Å². The molecule has 0 heterocycles. The molecule has 0 saturated carbocycles. The summed E-state index contributed by atoms with van der Waals surface area (Å²) in [6, 6.07) is 4.25. The summed E-state index contributed by atoms with van der Waals surface area (Å²) < 4.78 is 5.66. The average molecular weight is 250 g/mol. The Hall–Kier alpha value is -1.02. The molecule has 1 aromatic carbocycles. The van der Waals surface area contributed by atoms with Gasteiger partial charge in [0.25, 0.3) is 0 Å². The van der Waals surface area contributed by atoms with Crippen LogP contribution in [0.5, 0.6) is 5.75 Å². The van der Waals surface area contributed by atoms with Crippen molar-refractivity contribution in [3.8, 4) is 5.75 Å². The highest BCUT2D eigenvalue weighted by molar-refractivity contribution is 5.52. The fourth-order valence-electron chi connectivity index (χ4n) is 2.40. The molecule has 0 unspecified atom stereocenters. The largest absolute Gasteiger partial charge is 0.496 e. The Balaban J connectivity index is 3.60. The fraction of sp³-hybridized carbons (Fsp3) is 0.625. The fourth-order valence-corrected chi connectivity index (χ4v) is 2.40. The lowest BCUT2D eigenvalue weighted by molar-refractivity contribution is 0.213. The summed E-state index contributed by atoms with van der Waals surface area (Å²) in [7, 11) is 1.71. The lowest BCUT2D eigenvalue weighted by Gasteiger charge is -2.31. The number of aliphatic hydroxyl groups is 1. The highest BCUT2D eigenvalue weighted by atomic mass is 16.5. The van der Waals surface area contributed by atoms with Crippen LogP contribution in [0.3, 0.4) is 0 Å². The van der Waals surface area contributed by atoms with Crippen molar-refractivity contribution in [1.29, 1.82) is 0 Å². The Morgan fingerprint density at radius 1 is 1.11 bits per heavy atom. The molecule has 0 aliphatic heterocycles. The van der Waals surface area contributed by atoms with Crippen LogP contribution in [-0.4, -0.2) is 18.8 Å². The Morgan fingerprint density at radius 2 is 1.67 bits per heavy atom. The van der Waals surface area contributed by atoms with Crippen LogP contribution in [0.2, 0.25) is 0 Å². The first kappa shape index (κ1) is 15.0. The maximum absolute atomic E-state index is 9.63. The van der Waals surface area contributed by atoms with E-state index >= 15 is 0 Å². The summed E-state index contributed by atoms with van der Waals surface area (Å²) in [5.41, 5.74) is 3.20. The minimum Gasteiger partial charge on any atom is -0.496 e. The van der Waals surface area contributed by atoms with E-state index in [9.17, 15) is 5.11 Å². The number of benzene rings is 1. The minimum absolute atomic E-state index is 0.0271. The summed E-state index contributed by atoms with van der Waals surface area (Å²) in [5.74, 6) is 0.918. The summed E-state index contributed by atoms with van der Waals surface area (Å²) in [5, 5.41) is 9.63. The second kappa shape index (κ2) is 4.93. The predicted molar refractivity (Wildman–Crippen MR) is 76.5 cm³/mol. The van der Waals surface area contributed by atoms with Gasteiger partial charge < -0.3 is 9.84 Å². The lowest BCUT2D eigenvalue weighted by Crippen LogP contribution is -2.26. The third-order valence-electron chi connectivity index (χ3n) is 3.45. The van der Waals surface area contributed by atoms with E-state index in [0.717, 1.165) is 11.3 Å². The SMILES string of the molecule is COc1c(C(C)(C)C)ccc(C)c1C(C)(C)CO. The first-order valence-corrected chi connectivity index (χ1v) is 6.44. The van der Waals surface area contributed by atoms with Gasteiger partial charge >= 0.3 is 0 Å². The monoisotopic (exact) mass is 250 g/mol. The van der Waals surface area contributed by atoms with Crippen LogP contribution in [0.15, 0.2) is 12.1 Å². The summed E-state index contributed by atoms with van der Waals surface area (Å²) in [4.78, 5) is 0. The van der Waals surface area contributed by atoms with Gasteiger partial charge in [0, 0.05) is 11.0 Å². The van der Waals surface area contributed by atoms with Gasteiger partial charge in [0.1, 0.15) is 5.75 Å². The molecule has 0 aliphatic rings. The van der Waals surface area contributed by atoms with Gasteiger partial charge in [0.2, 0.25) is 0 Å². The summed E-state index contributed by atoms with van der Waals surface area (Å²) >= 11 is 0. The van der Waals surface area contributed by atoms with E-state index in [2.05, 4.69) is 39.8 Å². The molecule has 0 fully saturated rings. The van der Waals surface area contributed by atoms with Crippen molar-refractivity contribution < 1.29 is 9.84 Å². The van der Waals surface area contributed by atoms with E-state index in [-0.39, 0.29) is 17.4 Å². The zero-order chi connectivity index (χ0) is 14.1. The zero-order valence-electron chi connectivity index (χ0n) is 12.7. The number of methoxy groups -OCH3 is 1. The molecule has 2 nitrogen and oxygen atoms in total. The molecule has 0 radical (unpaired) electrons. The molecule has 0 spiro atoms. The highest BCUT2D eigenvalue weighted by Crippen LogP contribution is 2.41. The quantitative estimate of drug-likeness (QED) is 0.888. The molecule has 2 heteroatoms. The third kappa shape index (κ3) is 2.69. The van der Waals surface area contributed by atoms with E-state index in [4.69, 9.17) is 4.74 Å². The number of hydrogen-bond acceptors (Lipinski definition) is 2. The second-order valence-corrected chi connectivity index (χ2v) is 6.63. The zero-order valence-corrected chi connectivity index (χ0v) is 12.7. The van der Waals surface area contributed by atoms with Gasteiger partial charge in [-0.15, -0.1) is 0 Å².